The Balaban J connectivity index is 1.61. The molecule has 8 heteroatoms. The van der Waals surface area contributed by atoms with E-state index in [-0.39, 0.29) is 18.5 Å². The maximum atomic E-state index is 12.0. The number of nitrogens with one attached hydrogen (secondary N) is 2. The zero-order valence-corrected chi connectivity index (χ0v) is 17.6. The van der Waals surface area contributed by atoms with Crippen molar-refractivity contribution in [3.8, 4) is 0 Å². The smallest absolute Gasteiger partial charge is 0.243 e. The van der Waals surface area contributed by atoms with Gasteiger partial charge in [-0.25, -0.2) is 14.7 Å². The van der Waals surface area contributed by atoms with Crippen LogP contribution in [0.2, 0.25) is 0 Å². The van der Waals surface area contributed by atoms with Gasteiger partial charge in [0.25, 0.3) is 0 Å². The number of benzene rings is 1. The first kappa shape index (κ1) is 20.8. The molecule has 1 atom stereocenters. The number of aliphatic imine (C=N–C) groups is 1. The summed E-state index contributed by atoms with van der Waals surface area (Å²) in [5, 5.41) is 11.4. The van der Waals surface area contributed by atoms with Gasteiger partial charge in [0.2, 0.25) is 5.91 Å². The minimum atomic E-state index is -0.0241. The first-order valence-electron chi connectivity index (χ1n) is 10.3. The molecule has 1 aromatic carbocycles. The molecule has 0 saturated carbocycles. The van der Waals surface area contributed by atoms with Crippen molar-refractivity contribution in [2.75, 3.05) is 27.2 Å². The van der Waals surface area contributed by atoms with E-state index in [2.05, 4.69) is 44.8 Å². The van der Waals surface area contributed by atoms with E-state index in [4.69, 9.17) is 0 Å². The summed E-state index contributed by atoms with van der Waals surface area (Å²) in [5.74, 6) is 2.59. The molecule has 1 aliphatic rings. The van der Waals surface area contributed by atoms with Gasteiger partial charge in [-0.2, -0.15) is 5.10 Å². The molecule has 3 rings (SSSR count). The maximum Gasteiger partial charge on any atom is 0.243 e. The Morgan fingerprint density at radius 1 is 1.31 bits per heavy atom. The number of carbonyl (C=O) groups excluding carboxylic acids is 1. The molecule has 2 aromatic rings. The van der Waals surface area contributed by atoms with Crippen LogP contribution in [0.4, 0.5) is 0 Å². The predicted octanol–water partition coefficient (Wildman–Crippen LogP) is 1.02. The molecule has 0 bridgehead atoms. The fourth-order valence-corrected chi connectivity index (χ4v) is 3.23. The van der Waals surface area contributed by atoms with Crippen molar-refractivity contribution in [1.29, 1.82) is 0 Å². The van der Waals surface area contributed by atoms with E-state index < -0.39 is 0 Å². The Kier molecular flexibility index (Phi) is 7.21. The topological polar surface area (TPSA) is 87.4 Å². The van der Waals surface area contributed by atoms with Crippen molar-refractivity contribution in [1.82, 2.24) is 30.3 Å². The summed E-state index contributed by atoms with van der Waals surface area (Å²) in [4.78, 5) is 22.6. The quantitative estimate of drug-likeness (QED) is 0.538. The highest BCUT2D eigenvalue weighted by atomic mass is 16.2. The second-order valence-electron chi connectivity index (χ2n) is 7.48. The number of hydrogen-bond donors (Lipinski definition) is 2. The van der Waals surface area contributed by atoms with Gasteiger partial charge in [-0.1, -0.05) is 37.3 Å². The molecule has 0 fully saturated rings. The summed E-state index contributed by atoms with van der Waals surface area (Å²) in [7, 11) is 3.49. The Labute approximate surface area is 172 Å². The number of nitrogens with zero attached hydrogens (tertiary/aromatic N) is 5. The van der Waals surface area contributed by atoms with Crippen LogP contribution < -0.4 is 10.6 Å². The Morgan fingerprint density at radius 2 is 2.10 bits per heavy atom. The normalized spacial score (nSPS) is 16.2. The number of carbonyl (C=O) groups is 1. The zero-order chi connectivity index (χ0) is 20.6. The van der Waals surface area contributed by atoms with Crippen LogP contribution in [0.25, 0.3) is 0 Å². The molecule has 1 aliphatic heterocycles. The first-order chi connectivity index (χ1) is 14.0. The third-order valence-corrected chi connectivity index (χ3v) is 4.98. The van der Waals surface area contributed by atoms with E-state index in [9.17, 15) is 4.79 Å². The molecular formula is C21H31N7O. The van der Waals surface area contributed by atoms with Crippen molar-refractivity contribution in [2.45, 2.75) is 45.2 Å². The van der Waals surface area contributed by atoms with Gasteiger partial charge in [-0.3, -0.25) is 4.79 Å². The van der Waals surface area contributed by atoms with Gasteiger partial charge in [-0.05, 0) is 18.4 Å². The molecule has 8 nitrogen and oxygen atoms in total. The number of rotatable bonds is 7. The average Bonchev–Trinajstić information content (AvgIpc) is 3.14. The van der Waals surface area contributed by atoms with E-state index >= 15 is 0 Å². The lowest BCUT2D eigenvalue weighted by molar-refractivity contribution is -0.127. The fraction of sp³-hybridized carbons (Fsp3) is 0.524. The summed E-state index contributed by atoms with van der Waals surface area (Å²) in [6.45, 7) is 3.69. The summed E-state index contributed by atoms with van der Waals surface area (Å²) < 4.78 is 1.99. The average molecular weight is 398 g/mol. The van der Waals surface area contributed by atoms with Crippen molar-refractivity contribution >= 4 is 11.9 Å². The van der Waals surface area contributed by atoms with Crippen LogP contribution in [0, 0.1) is 0 Å². The molecule has 156 valence electrons. The maximum absolute atomic E-state index is 12.0. The SMILES string of the molecule is CCc1nc2n(n1)CC(NC(=NCC(=O)N(C)C)NCCc1ccccc1)CC2. The molecule has 0 radical (unpaired) electrons. The zero-order valence-electron chi connectivity index (χ0n) is 17.6. The molecule has 1 unspecified atom stereocenters. The number of amides is 1. The number of likely N-dealkylation sites (N-methyl/N-ethyl adjacent to an activating group) is 1. The number of aryl methyl sites for hydroxylation is 2. The van der Waals surface area contributed by atoms with Crippen molar-refractivity contribution < 1.29 is 4.79 Å². The molecule has 0 spiro atoms. The minimum absolute atomic E-state index is 0.0241. The van der Waals surface area contributed by atoms with E-state index in [1.54, 1.807) is 19.0 Å². The largest absolute Gasteiger partial charge is 0.356 e. The van der Waals surface area contributed by atoms with Crippen molar-refractivity contribution in [2.24, 2.45) is 4.99 Å². The summed E-state index contributed by atoms with van der Waals surface area (Å²) in [5.41, 5.74) is 1.26. The van der Waals surface area contributed by atoms with E-state index in [1.807, 2.05) is 22.9 Å². The second-order valence-corrected chi connectivity index (χ2v) is 7.48. The van der Waals surface area contributed by atoms with Crippen LogP contribution in [0.1, 0.15) is 30.6 Å². The summed E-state index contributed by atoms with van der Waals surface area (Å²) >= 11 is 0. The van der Waals surface area contributed by atoms with Crippen LogP contribution in [-0.2, 0) is 30.6 Å². The lowest BCUT2D eigenvalue weighted by Crippen LogP contribution is -2.48. The van der Waals surface area contributed by atoms with E-state index in [0.29, 0.717) is 5.96 Å². The van der Waals surface area contributed by atoms with Gasteiger partial charge in [0, 0.05) is 39.5 Å². The van der Waals surface area contributed by atoms with Crippen LogP contribution in [0.15, 0.2) is 35.3 Å². The number of fused-ring (bicyclic) bond motifs is 1. The number of aromatic nitrogens is 3. The summed E-state index contributed by atoms with van der Waals surface area (Å²) in [6, 6.07) is 10.5. The lowest BCUT2D eigenvalue weighted by Gasteiger charge is -2.25. The van der Waals surface area contributed by atoms with Crippen LogP contribution in [0.5, 0.6) is 0 Å². The molecule has 1 aromatic heterocycles. The van der Waals surface area contributed by atoms with Crippen LogP contribution in [-0.4, -0.2) is 64.8 Å². The Hall–Kier alpha value is -2.90. The Bertz CT molecular complexity index is 829. The number of guanidine groups is 1. The third-order valence-electron chi connectivity index (χ3n) is 4.98. The van der Waals surface area contributed by atoms with Crippen LogP contribution >= 0.6 is 0 Å². The van der Waals surface area contributed by atoms with E-state index in [1.165, 1.54) is 5.56 Å². The fourth-order valence-electron chi connectivity index (χ4n) is 3.23. The Morgan fingerprint density at radius 3 is 2.83 bits per heavy atom. The van der Waals surface area contributed by atoms with Crippen molar-refractivity contribution in [3.05, 3.63) is 47.5 Å². The van der Waals surface area contributed by atoms with Gasteiger partial charge in [0.15, 0.2) is 11.8 Å². The molecule has 2 heterocycles. The van der Waals surface area contributed by atoms with Crippen molar-refractivity contribution in [3.63, 3.8) is 0 Å². The van der Waals surface area contributed by atoms with Gasteiger partial charge >= 0.3 is 0 Å². The van der Waals surface area contributed by atoms with Gasteiger partial charge < -0.3 is 15.5 Å². The molecule has 0 saturated heterocycles. The molecular weight excluding hydrogens is 366 g/mol. The highest BCUT2D eigenvalue weighted by molar-refractivity contribution is 5.84. The minimum Gasteiger partial charge on any atom is -0.356 e. The second kappa shape index (κ2) is 10.0. The highest BCUT2D eigenvalue weighted by Gasteiger charge is 2.22. The van der Waals surface area contributed by atoms with E-state index in [0.717, 1.165) is 50.4 Å². The molecule has 29 heavy (non-hydrogen) atoms. The van der Waals surface area contributed by atoms with Gasteiger partial charge in [0.05, 0.1) is 6.54 Å². The standard InChI is InChI=1S/C21H31N7O/c1-4-18-25-19-11-10-17(15-28(19)26-18)24-21(23-14-20(29)27(2)3)22-13-12-16-8-6-5-7-9-16/h5-9,17H,4,10-15H2,1-3H3,(H2,22,23,24). The van der Waals surface area contributed by atoms with Gasteiger partial charge in [0.1, 0.15) is 12.4 Å². The first-order valence-corrected chi connectivity index (χ1v) is 10.3. The van der Waals surface area contributed by atoms with Crippen LogP contribution in [0.3, 0.4) is 0 Å². The molecule has 2 N–H and O–H groups in total. The monoisotopic (exact) mass is 397 g/mol. The molecule has 0 aliphatic carbocycles. The predicted molar refractivity (Wildman–Crippen MR) is 114 cm³/mol. The number of hydrogen-bond acceptors (Lipinski definition) is 4. The summed E-state index contributed by atoms with van der Waals surface area (Å²) in [6.07, 6.45) is 3.58. The molecule has 1 amide bonds. The third kappa shape index (κ3) is 6.04. The lowest BCUT2D eigenvalue weighted by atomic mass is 10.1. The highest BCUT2D eigenvalue weighted by Crippen LogP contribution is 2.13. The van der Waals surface area contributed by atoms with Gasteiger partial charge in [-0.15, -0.1) is 0 Å².